The molecule has 0 spiro atoms. The first-order valence-electron chi connectivity index (χ1n) is 4.81. The smallest absolute Gasteiger partial charge is 0.0994 e. The number of nitrogens with zero attached hydrogens (tertiary/aromatic N) is 1. The van der Waals surface area contributed by atoms with Crippen LogP contribution in [0.15, 0.2) is 12.1 Å². The molecule has 0 bridgehead atoms. The Kier molecular flexibility index (Phi) is 1.87. The molecule has 2 rings (SSSR count). The zero-order valence-electron chi connectivity index (χ0n) is 8.46. The van der Waals surface area contributed by atoms with E-state index in [9.17, 15) is 5.11 Å². The van der Waals surface area contributed by atoms with Gasteiger partial charge in [-0.25, -0.2) is 0 Å². The van der Waals surface area contributed by atoms with Crippen LogP contribution in [0.3, 0.4) is 0 Å². The van der Waals surface area contributed by atoms with E-state index >= 15 is 0 Å². The molecule has 2 heteroatoms. The Bertz CT molecular complexity index is 425. The van der Waals surface area contributed by atoms with Gasteiger partial charge in [0.05, 0.1) is 17.2 Å². The molecule has 0 aliphatic heterocycles. The van der Waals surface area contributed by atoms with Crippen molar-refractivity contribution in [1.82, 2.24) is 0 Å². The highest BCUT2D eigenvalue weighted by atomic mass is 16.3. The van der Waals surface area contributed by atoms with E-state index < -0.39 is 5.60 Å². The minimum atomic E-state index is -0.635. The molecule has 1 aliphatic carbocycles. The van der Waals surface area contributed by atoms with E-state index in [0.717, 1.165) is 29.5 Å². The van der Waals surface area contributed by atoms with Crippen LogP contribution in [0, 0.1) is 25.2 Å². The highest BCUT2D eigenvalue weighted by molar-refractivity contribution is 5.47. The predicted octanol–water partition coefficient (Wildman–Crippen LogP) is 2.16. The molecule has 0 aromatic heterocycles. The molecule has 1 N–H and O–H groups in total. The maximum Gasteiger partial charge on any atom is 0.0994 e. The van der Waals surface area contributed by atoms with E-state index in [2.05, 4.69) is 6.07 Å². The van der Waals surface area contributed by atoms with Gasteiger partial charge < -0.3 is 5.11 Å². The van der Waals surface area contributed by atoms with Crippen LogP contribution in [0.25, 0.3) is 0 Å². The van der Waals surface area contributed by atoms with Crippen LogP contribution in [0.1, 0.15) is 35.1 Å². The zero-order valence-corrected chi connectivity index (χ0v) is 8.46. The van der Waals surface area contributed by atoms with Crippen molar-refractivity contribution in [3.8, 4) is 6.07 Å². The molecular weight excluding hydrogens is 174 g/mol. The summed E-state index contributed by atoms with van der Waals surface area (Å²) in [6.45, 7) is 3.92. The highest BCUT2D eigenvalue weighted by Crippen LogP contribution is 2.45. The predicted molar refractivity (Wildman–Crippen MR) is 53.8 cm³/mol. The first-order chi connectivity index (χ1) is 6.57. The fraction of sp³-hybridized carbons (Fsp3) is 0.417. The summed E-state index contributed by atoms with van der Waals surface area (Å²) in [5, 5.41) is 18.8. The van der Waals surface area contributed by atoms with E-state index in [4.69, 9.17) is 5.26 Å². The van der Waals surface area contributed by atoms with Crippen molar-refractivity contribution >= 4 is 0 Å². The molecule has 0 saturated heterocycles. The zero-order chi connectivity index (χ0) is 10.3. The second-order valence-electron chi connectivity index (χ2n) is 4.11. The first-order valence-corrected chi connectivity index (χ1v) is 4.81. The summed E-state index contributed by atoms with van der Waals surface area (Å²) in [4.78, 5) is 0. The van der Waals surface area contributed by atoms with Crippen LogP contribution in [-0.4, -0.2) is 5.11 Å². The van der Waals surface area contributed by atoms with Crippen molar-refractivity contribution in [1.29, 1.82) is 5.26 Å². The molecule has 2 nitrogen and oxygen atoms in total. The molecule has 1 saturated carbocycles. The number of hydrogen-bond donors (Lipinski definition) is 1. The van der Waals surface area contributed by atoms with Crippen LogP contribution in [0.2, 0.25) is 0 Å². The van der Waals surface area contributed by atoms with Gasteiger partial charge in [0, 0.05) is 0 Å². The quantitative estimate of drug-likeness (QED) is 0.732. The summed E-state index contributed by atoms with van der Waals surface area (Å²) in [7, 11) is 0. The molecule has 72 valence electrons. The van der Waals surface area contributed by atoms with Crippen molar-refractivity contribution < 1.29 is 5.11 Å². The van der Waals surface area contributed by atoms with E-state index in [1.807, 2.05) is 26.0 Å². The highest BCUT2D eigenvalue weighted by Gasteiger charge is 2.42. The summed E-state index contributed by atoms with van der Waals surface area (Å²) in [5.41, 5.74) is 3.04. The van der Waals surface area contributed by atoms with Gasteiger partial charge in [-0.1, -0.05) is 6.07 Å². The van der Waals surface area contributed by atoms with Gasteiger partial charge in [-0.15, -0.1) is 0 Å². The Morgan fingerprint density at radius 2 is 2.00 bits per heavy atom. The Morgan fingerprint density at radius 3 is 2.50 bits per heavy atom. The third-order valence-electron chi connectivity index (χ3n) is 3.05. The standard InChI is InChI=1S/C12H13NO/c1-8-5-11(12(14)3-4-12)6-10(7-13)9(8)2/h5-6,14H,3-4H2,1-2H3. The lowest BCUT2D eigenvalue weighted by Gasteiger charge is -2.11. The van der Waals surface area contributed by atoms with Gasteiger partial charge in [-0.3, -0.25) is 0 Å². The third kappa shape index (κ3) is 1.30. The number of rotatable bonds is 1. The monoisotopic (exact) mass is 187 g/mol. The normalized spacial score (nSPS) is 17.6. The molecule has 0 radical (unpaired) electrons. The maximum atomic E-state index is 9.93. The van der Waals surface area contributed by atoms with Crippen molar-refractivity contribution in [3.05, 3.63) is 34.4 Å². The average molecular weight is 187 g/mol. The second kappa shape index (κ2) is 2.83. The molecule has 14 heavy (non-hydrogen) atoms. The molecule has 0 unspecified atom stereocenters. The van der Waals surface area contributed by atoms with E-state index in [1.54, 1.807) is 0 Å². The Hall–Kier alpha value is -1.33. The van der Waals surface area contributed by atoms with Crippen molar-refractivity contribution in [3.63, 3.8) is 0 Å². The van der Waals surface area contributed by atoms with Crippen LogP contribution in [0.4, 0.5) is 0 Å². The van der Waals surface area contributed by atoms with Crippen LogP contribution in [0.5, 0.6) is 0 Å². The molecule has 0 heterocycles. The van der Waals surface area contributed by atoms with Crippen LogP contribution < -0.4 is 0 Å². The molecule has 0 atom stereocenters. The van der Waals surface area contributed by atoms with Crippen LogP contribution in [-0.2, 0) is 5.60 Å². The minimum absolute atomic E-state index is 0.635. The minimum Gasteiger partial charge on any atom is -0.385 e. The molecule has 1 aliphatic rings. The number of benzene rings is 1. The summed E-state index contributed by atoms with van der Waals surface area (Å²) < 4.78 is 0. The van der Waals surface area contributed by atoms with Gasteiger partial charge in [0.1, 0.15) is 0 Å². The lowest BCUT2D eigenvalue weighted by molar-refractivity contribution is 0.151. The number of nitriles is 1. The molecular formula is C12H13NO. The van der Waals surface area contributed by atoms with E-state index in [-0.39, 0.29) is 0 Å². The lowest BCUT2D eigenvalue weighted by Crippen LogP contribution is -2.06. The number of aryl methyl sites for hydroxylation is 1. The summed E-state index contributed by atoms with van der Waals surface area (Å²) in [6.07, 6.45) is 1.64. The van der Waals surface area contributed by atoms with Crippen molar-refractivity contribution in [2.45, 2.75) is 32.3 Å². The number of aliphatic hydroxyl groups is 1. The topological polar surface area (TPSA) is 44.0 Å². The lowest BCUT2D eigenvalue weighted by atomic mass is 9.97. The van der Waals surface area contributed by atoms with Gasteiger partial charge in [0.15, 0.2) is 0 Å². The largest absolute Gasteiger partial charge is 0.385 e. The third-order valence-corrected chi connectivity index (χ3v) is 3.05. The van der Waals surface area contributed by atoms with Gasteiger partial charge in [-0.2, -0.15) is 5.26 Å². The summed E-state index contributed by atoms with van der Waals surface area (Å²) >= 11 is 0. The average Bonchev–Trinajstić information content (AvgIpc) is 2.89. The maximum absolute atomic E-state index is 9.93. The fourth-order valence-electron chi connectivity index (χ4n) is 1.65. The summed E-state index contributed by atoms with van der Waals surface area (Å²) in [6, 6.07) is 5.97. The van der Waals surface area contributed by atoms with Gasteiger partial charge in [0.2, 0.25) is 0 Å². The Balaban J connectivity index is 2.56. The molecule has 0 amide bonds. The molecule has 1 aromatic rings. The fourth-order valence-corrected chi connectivity index (χ4v) is 1.65. The first kappa shape index (κ1) is 9.23. The Labute approximate surface area is 83.8 Å². The van der Waals surface area contributed by atoms with E-state index in [1.165, 1.54) is 0 Å². The van der Waals surface area contributed by atoms with Gasteiger partial charge >= 0.3 is 0 Å². The van der Waals surface area contributed by atoms with Crippen molar-refractivity contribution in [2.24, 2.45) is 0 Å². The molecule has 1 fully saturated rings. The Morgan fingerprint density at radius 1 is 1.36 bits per heavy atom. The van der Waals surface area contributed by atoms with Gasteiger partial charge in [-0.05, 0) is 49.4 Å². The van der Waals surface area contributed by atoms with Crippen LogP contribution >= 0.6 is 0 Å². The second-order valence-corrected chi connectivity index (χ2v) is 4.11. The van der Waals surface area contributed by atoms with E-state index in [0.29, 0.717) is 5.56 Å². The SMILES string of the molecule is Cc1cc(C2(O)CC2)cc(C#N)c1C. The van der Waals surface area contributed by atoms with Gasteiger partial charge in [0.25, 0.3) is 0 Å². The van der Waals surface area contributed by atoms with Crippen molar-refractivity contribution in [2.75, 3.05) is 0 Å². The number of hydrogen-bond acceptors (Lipinski definition) is 2. The summed E-state index contributed by atoms with van der Waals surface area (Å²) in [5.74, 6) is 0. The molecule has 1 aromatic carbocycles.